The van der Waals surface area contributed by atoms with Gasteiger partial charge in [-0.2, -0.15) is 5.10 Å². The summed E-state index contributed by atoms with van der Waals surface area (Å²) < 4.78 is 6.93. The summed E-state index contributed by atoms with van der Waals surface area (Å²) in [6.07, 6.45) is 5.63. The molecule has 0 radical (unpaired) electrons. The largest absolute Gasteiger partial charge is 0.462 e. The number of carbonyl (C=O) groups excluding carboxylic acids is 1. The van der Waals surface area contributed by atoms with E-state index in [-0.39, 0.29) is 5.97 Å². The standard InChI is InChI=1S/C22H25N5O2/c1-2-29-22(28)19-8-9-21(23-15-19)26-12-10-25(11-13-26)16-18-14-24-27(17-18)20-6-4-3-5-7-20/h3-9,14-15,17H,2,10-13,16H2,1H3. The highest BCUT2D eigenvalue weighted by Gasteiger charge is 2.19. The molecule has 0 atom stereocenters. The molecule has 0 bridgehead atoms. The smallest absolute Gasteiger partial charge is 0.339 e. The number of benzene rings is 1. The molecule has 1 aliphatic heterocycles. The van der Waals surface area contributed by atoms with Crippen LogP contribution in [0.25, 0.3) is 5.69 Å². The van der Waals surface area contributed by atoms with E-state index in [1.54, 1.807) is 19.2 Å². The predicted octanol–water partition coefficient (Wildman–Crippen LogP) is 2.77. The lowest BCUT2D eigenvalue weighted by Crippen LogP contribution is -2.46. The minimum absolute atomic E-state index is 0.326. The quantitative estimate of drug-likeness (QED) is 0.602. The Morgan fingerprint density at radius 2 is 1.83 bits per heavy atom. The van der Waals surface area contributed by atoms with Gasteiger partial charge in [0.1, 0.15) is 5.82 Å². The molecule has 0 N–H and O–H groups in total. The Labute approximate surface area is 170 Å². The zero-order valence-electron chi connectivity index (χ0n) is 16.6. The highest BCUT2D eigenvalue weighted by Crippen LogP contribution is 2.16. The van der Waals surface area contributed by atoms with E-state index in [9.17, 15) is 4.79 Å². The van der Waals surface area contributed by atoms with Crippen molar-refractivity contribution in [2.75, 3.05) is 37.7 Å². The van der Waals surface area contributed by atoms with Crippen LogP contribution in [-0.4, -0.2) is 58.4 Å². The SMILES string of the molecule is CCOC(=O)c1ccc(N2CCN(Cc3cnn(-c4ccccc4)c3)CC2)nc1. The molecular formula is C22H25N5O2. The lowest BCUT2D eigenvalue weighted by atomic mass is 10.2. The summed E-state index contributed by atoms with van der Waals surface area (Å²) in [5.74, 6) is 0.571. The molecule has 150 valence electrons. The van der Waals surface area contributed by atoms with Crippen molar-refractivity contribution < 1.29 is 9.53 Å². The fourth-order valence-corrected chi connectivity index (χ4v) is 3.47. The van der Waals surface area contributed by atoms with Crippen molar-refractivity contribution in [1.82, 2.24) is 19.7 Å². The number of anilines is 1. The maximum atomic E-state index is 11.8. The van der Waals surface area contributed by atoms with Crippen molar-refractivity contribution in [2.24, 2.45) is 0 Å². The van der Waals surface area contributed by atoms with Gasteiger partial charge in [0.2, 0.25) is 0 Å². The normalized spacial score (nSPS) is 14.7. The molecule has 7 heteroatoms. The van der Waals surface area contributed by atoms with Crippen LogP contribution in [-0.2, 0) is 11.3 Å². The Morgan fingerprint density at radius 1 is 1.03 bits per heavy atom. The Balaban J connectivity index is 1.31. The predicted molar refractivity (Wildman–Crippen MR) is 111 cm³/mol. The molecule has 1 aliphatic rings. The number of hydrogen-bond donors (Lipinski definition) is 0. The first kappa shape index (κ1) is 19.1. The molecule has 1 aromatic carbocycles. The van der Waals surface area contributed by atoms with Gasteiger partial charge in [0.25, 0.3) is 0 Å². The second-order valence-corrected chi connectivity index (χ2v) is 7.02. The van der Waals surface area contributed by atoms with Gasteiger partial charge in [0.15, 0.2) is 0 Å². The maximum Gasteiger partial charge on any atom is 0.339 e. The van der Waals surface area contributed by atoms with E-state index in [0.29, 0.717) is 12.2 Å². The molecule has 3 heterocycles. The first-order valence-electron chi connectivity index (χ1n) is 9.92. The van der Waals surface area contributed by atoms with Crippen LogP contribution in [0.2, 0.25) is 0 Å². The van der Waals surface area contributed by atoms with Crippen LogP contribution < -0.4 is 4.90 Å². The van der Waals surface area contributed by atoms with E-state index in [1.165, 1.54) is 5.56 Å². The minimum atomic E-state index is -0.326. The van der Waals surface area contributed by atoms with Crippen molar-refractivity contribution in [3.05, 3.63) is 72.2 Å². The van der Waals surface area contributed by atoms with E-state index in [2.05, 4.69) is 38.2 Å². The molecule has 3 aromatic rings. The van der Waals surface area contributed by atoms with Crippen molar-refractivity contribution in [3.8, 4) is 5.69 Å². The van der Waals surface area contributed by atoms with Gasteiger partial charge < -0.3 is 9.64 Å². The second-order valence-electron chi connectivity index (χ2n) is 7.02. The number of ether oxygens (including phenoxy) is 1. The summed E-state index contributed by atoms with van der Waals surface area (Å²) in [5, 5.41) is 4.48. The molecule has 2 aromatic heterocycles. The van der Waals surface area contributed by atoms with Crippen LogP contribution in [0.3, 0.4) is 0 Å². The van der Waals surface area contributed by atoms with Crippen molar-refractivity contribution in [1.29, 1.82) is 0 Å². The molecule has 0 unspecified atom stereocenters. The second kappa shape index (κ2) is 8.87. The van der Waals surface area contributed by atoms with E-state index < -0.39 is 0 Å². The molecule has 4 rings (SSSR count). The van der Waals surface area contributed by atoms with E-state index >= 15 is 0 Å². The summed E-state index contributed by atoms with van der Waals surface area (Å²) in [5.41, 5.74) is 2.77. The number of aromatic nitrogens is 3. The van der Waals surface area contributed by atoms with Crippen LogP contribution in [0.5, 0.6) is 0 Å². The molecular weight excluding hydrogens is 366 g/mol. The molecule has 7 nitrogen and oxygen atoms in total. The van der Waals surface area contributed by atoms with Crippen LogP contribution in [0.4, 0.5) is 5.82 Å². The average molecular weight is 391 g/mol. The number of carbonyl (C=O) groups is 1. The zero-order valence-corrected chi connectivity index (χ0v) is 16.6. The summed E-state index contributed by atoms with van der Waals surface area (Å²) >= 11 is 0. The molecule has 0 saturated carbocycles. The number of esters is 1. The molecule has 1 saturated heterocycles. The third kappa shape index (κ3) is 4.63. The van der Waals surface area contributed by atoms with Gasteiger partial charge in [-0.1, -0.05) is 18.2 Å². The molecule has 29 heavy (non-hydrogen) atoms. The molecule has 0 spiro atoms. The molecule has 0 aliphatic carbocycles. The van der Waals surface area contributed by atoms with Gasteiger partial charge in [-0.3, -0.25) is 4.90 Å². The number of para-hydroxylation sites is 1. The van der Waals surface area contributed by atoms with Crippen LogP contribution in [0.1, 0.15) is 22.8 Å². The van der Waals surface area contributed by atoms with Gasteiger partial charge in [0.05, 0.1) is 24.1 Å². The maximum absolute atomic E-state index is 11.8. The lowest BCUT2D eigenvalue weighted by Gasteiger charge is -2.35. The summed E-state index contributed by atoms with van der Waals surface area (Å²) in [4.78, 5) is 20.9. The number of pyridine rings is 1. The fraction of sp³-hybridized carbons (Fsp3) is 0.318. The van der Waals surface area contributed by atoms with Crippen molar-refractivity contribution >= 4 is 11.8 Å². The Hall–Kier alpha value is -3.19. The van der Waals surface area contributed by atoms with Gasteiger partial charge in [0, 0.05) is 50.7 Å². The summed E-state index contributed by atoms with van der Waals surface area (Å²) in [6, 6.07) is 13.8. The van der Waals surface area contributed by atoms with Crippen molar-refractivity contribution in [3.63, 3.8) is 0 Å². The highest BCUT2D eigenvalue weighted by atomic mass is 16.5. The van der Waals surface area contributed by atoms with E-state index in [0.717, 1.165) is 44.2 Å². The van der Waals surface area contributed by atoms with Crippen LogP contribution in [0, 0.1) is 0 Å². The minimum Gasteiger partial charge on any atom is -0.462 e. The Kier molecular flexibility index (Phi) is 5.86. The monoisotopic (exact) mass is 391 g/mol. The van der Waals surface area contributed by atoms with E-state index in [4.69, 9.17) is 4.74 Å². The first-order valence-corrected chi connectivity index (χ1v) is 9.92. The summed E-state index contributed by atoms with van der Waals surface area (Å²) in [7, 11) is 0. The van der Waals surface area contributed by atoms with Crippen LogP contribution in [0.15, 0.2) is 61.1 Å². The number of nitrogens with zero attached hydrogens (tertiary/aromatic N) is 5. The highest BCUT2D eigenvalue weighted by molar-refractivity contribution is 5.89. The topological polar surface area (TPSA) is 63.5 Å². The van der Waals surface area contributed by atoms with Crippen LogP contribution >= 0.6 is 0 Å². The first-order chi connectivity index (χ1) is 14.2. The lowest BCUT2D eigenvalue weighted by molar-refractivity contribution is 0.0526. The molecule has 1 fully saturated rings. The van der Waals surface area contributed by atoms with Crippen molar-refractivity contribution in [2.45, 2.75) is 13.5 Å². The Morgan fingerprint density at radius 3 is 2.52 bits per heavy atom. The zero-order chi connectivity index (χ0) is 20.1. The number of rotatable bonds is 6. The van der Waals surface area contributed by atoms with E-state index in [1.807, 2.05) is 35.1 Å². The Bertz CT molecular complexity index is 931. The van der Waals surface area contributed by atoms with Gasteiger partial charge in [-0.25, -0.2) is 14.5 Å². The van der Waals surface area contributed by atoms with Gasteiger partial charge in [-0.05, 0) is 31.2 Å². The number of hydrogen-bond acceptors (Lipinski definition) is 6. The summed E-state index contributed by atoms with van der Waals surface area (Å²) in [6.45, 7) is 6.77. The average Bonchev–Trinajstić information content (AvgIpc) is 3.24. The van der Waals surface area contributed by atoms with Gasteiger partial charge >= 0.3 is 5.97 Å². The third-order valence-corrected chi connectivity index (χ3v) is 5.02. The third-order valence-electron chi connectivity index (χ3n) is 5.02. The number of piperazine rings is 1. The fourth-order valence-electron chi connectivity index (χ4n) is 3.47. The van der Waals surface area contributed by atoms with Gasteiger partial charge in [-0.15, -0.1) is 0 Å². The molecule has 0 amide bonds.